The lowest BCUT2D eigenvalue weighted by molar-refractivity contribution is -0.138. The topological polar surface area (TPSA) is 179 Å². The third-order valence-electron chi connectivity index (χ3n) is 5.12. The predicted molar refractivity (Wildman–Crippen MR) is 129 cm³/mol. The van der Waals surface area contributed by atoms with E-state index in [2.05, 4.69) is 16.0 Å². The second-order valence-corrected chi connectivity index (χ2v) is 7.92. The molecule has 13 heteroatoms. The van der Waals surface area contributed by atoms with Crippen LogP contribution in [0.4, 0.5) is 5.69 Å². The molecule has 1 unspecified atom stereocenters. The Morgan fingerprint density at radius 1 is 0.973 bits per heavy atom. The van der Waals surface area contributed by atoms with Gasteiger partial charge in [0.1, 0.15) is 6.04 Å². The number of benzene rings is 1. The molecule has 4 N–H and O–H groups in total. The zero-order chi connectivity index (χ0) is 26.9. The second-order valence-electron chi connectivity index (χ2n) is 7.92. The van der Waals surface area contributed by atoms with E-state index in [1.807, 2.05) is 0 Å². The van der Waals surface area contributed by atoms with Crippen LogP contribution < -0.4 is 16.0 Å². The largest absolute Gasteiger partial charge is 0.481 e. The van der Waals surface area contributed by atoms with Crippen LogP contribution in [-0.2, 0) is 33.3 Å². The number of carbonyl (C=O) groups is 5. The Kier molecular flexibility index (Phi) is 13.8. The van der Waals surface area contributed by atoms with E-state index in [4.69, 9.17) is 24.1 Å². The number of rotatable bonds is 19. The number of carbonyl (C=O) groups excluding carboxylic acids is 4. The van der Waals surface area contributed by atoms with Crippen molar-refractivity contribution in [3.63, 3.8) is 0 Å². The van der Waals surface area contributed by atoms with Gasteiger partial charge in [0.05, 0.1) is 64.8 Å². The van der Waals surface area contributed by atoms with Crippen molar-refractivity contribution in [2.45, 2.75) is 25.3 Å². The number of amides is 3. The number of hydrogen-bond acceptors (Lipinski definition) is 10. The van der Waals surface area contributed by atoms with Crippen molar-refractivity contribution in [1.82, 2.24) is 10.6 Å². The van der Waals surface area contributed by atoms with Gasteiger partial charge in [-0.15, -0.1) is 0 Å². The van der Waals surface area contributed by atoms with Gasteiger partial charge in [0.2, 0.25) is 11.8 Å². The average molecular weight is 524 g/mol. The van der Waals surface area contributed by atoms with Gasteiger partial charge in [-0.25, -0.2) is 0 Å². The third kappa shape index (κ3) is 11.9. The average Bonchev–Trinajstić information content (AvgIpc) is 2.87. The number of ether oxygens (including phenoxy) is 4. The minimum absolute atomic E-state index is 0.0320. The lowest BCUT2D eigenvalue weighted by Gasteiger charge is -2.22. The summed E-state index contributed by atoms with van der Waals surface area (Å²) >= 11 is 0. The van der Waals surface area contributed by atoms with E-state index in [1.165, 1.54) is 12.1 Å². The Morgan fingerprint density at radius 3 is 2.19 bits per heavy atom. The summed E-state index contributed by atoms with van der Waals surface area (Å²) in [5.41, 5.74) is 0.898. The molecule has 1 atom stereocenters. The molecule has 0 spiro atoms. The maximum atomic E-state index is 12.7. The molecule has 1 heterocycles. The van der Waals surface area contributed by atoms with E-state index in [-0.39, 0.29) is 42.9 Å². The van der Waals surface area contributed by atoms with Crippen LogP contribution in [0.1, 0.15) is 40.0 Å². The quantitative estimate of drug-likeness (QED) is 0.109. The molecule has 1 aliphatic rings. The highest BCUT2D eigenvalue weighted by Gasteiger charge is 2.28. The molecular weight excluding hydrogens is 490 g/mol. The number of piperidine rings is 1. The summed E-state index contributed by atoms with van der Waals surface area (Å²) in [5.74, 6) is -2.43. The highest BCUT2D eigenvalue weighted by atomic mass is 16.6. The zero-order valence-corrected chi connectivity index (χ0v) is 20.5. The first-order chi connectivity index (χ1) is 17.9. The molecule has 204 valence electrons. The Balaban J connectivity index is 1.58. The van der Waals surface area contributed by atoms with E-state index < -0.39 is 23.8 Å². The fourth-order valence-electron chi connectivity index (χ4n) is 3.22. The highest BCUT2D eigenvalue weighted by Crippen LogP contribution is 2.16. The molecule has 1 aliphatic heterocycles. The fraction of sp³-hybridized carbons (Fsp3) is 0.542. The minimum atomic E-state index is -0.900. The van der Waals surface area contributed by atoms with Gasteiger partial charge < -0.3 is 34.7 Å². The smallest absolute Gasteiger partial charge is 0.305 e. The van der Waals surface area contributed by atoms with Gasteiger partial charge in [-0.3, -0.25) is 29.3 Å². The number of aldehydes is 1. The summed E-state index contributed by atoms with van der Waals surface area (Å²) in [7, 11) is 0. The molecule has 13 nitrogen and oxygen atoms in total. The monoisotopic (exact) mass is 523 g/mol. The maximum absolute atomic E-state index is 12.7. The molecule has 3 amide bonds. The van der Waals surface area contributed by atoms with Crippen LogP contribution in [0.3, 0.4) is 0 Å². The van der Waals surface area contributed by atoms with E-state index in [0.29, 0.717) is 64.8 Å². The predicted octanol–water partition coefficient (Wildman–Crippen LogP) is -0.0129. The van der Waals surface area contributed by atoms with Crippen LogP contribution in [0.2, 0.25) is 0 Å². The summed E-state index contributed by atoms with van der Waals surface area (Å²) in [6.45, 7) is 3.21. The number of hydrogen-bond donors (Lipinski definition) is 4. The van der Waals surface area contributed by atoms with Crippen LogP contribution in [0.15, 0.2) is 18.2 Å². The molecule has 1 saturated heterocycles. The molecule has 0 saturated carbocycles. The normalized spacial score (nSPS) is 15.2. The van der Waals surface area contributed by atoms with Crippen molar-refractivity contribution in [1.29, 1.82) is 0 Å². The Labute approximate surface area is 214 Å². The molecule has 0 aromatic heterocycles. The van der Waals surface area contributed by atoms with Gasteiger partial charge in [0.15, 0.2) is 6.29 Å². The standard InChI is InChI=1S/C24H33N3O10/c28-16-17-1-2-18(15-19(17)23(32)26-20-3-4-21(29)27-24(20)33)25-6-8-35-10-12-37-14-13-36-11-9-34-7-5-22(30)31/h1-2,15-16,20,25H,3-14H2,(H,26,32)(H,30,31)(H,27,29,33). The number of carboxylic acids is 1. The van der Waals surface area contributed by atoms with Crippen molar-refractivity contribution in [2.75, 3.05) is 64.7 Å². The lowest BCUT2D eigenvalue weighted by Crippen LogP contribution is -2.52. The number of imide groups is 1. The summed E-state index contributed by atoms with van der Waals surface area (Å²) in [6.07, 6.45) is 0.859. The Morgan fingerprint density at radius 2 is 1.59 bits per heavy atom. The van der Waals surface area contributed by atoms with E-state index in [0.717, 1.165) is 0 Å². The first-order valence-corrected chi connectivity index (χ1v) is 11.9. The number of nitrogens with one attached hydrogen (secondary N) is 3. The number of carboxylic acid groups (broad SMARTS) is 1. The lowest BCUT2D eigenvalue weighted by atomic mass is 10.0. The van der Waals surface area contributed by atoms with Gasteiger partial charge in [-0.1, -0.05) is 0 Å². The summed E-state index contributed by atoms with van der Waals surface area (Å²) in [4.78, 5) is 57.5. The van der Waals surface area contributed by atoms with E-state index in [1.54, 1.807) is 6.07 Å². The van der Waals surface area contributed by atoms with Crippen molar-refractivity contribution < 1.29 is 48.0 Å². The van der Waals surface area contributed by atoms with Gasteiger partial charge in [0.25, 0.3) is 5.91 Å². The van der Waals surface area contributed by atoms with Gasteiger partial charge in [-0.2, -0.15) is 0 Å². The van der Waals surface area contributed by atoms with Crippen molar-refractivity contribution in [2.24, 2.45) is 0 Å². The number of aliphatic carboxylic acids is 1. The van der Waals surface area contributed by atoms with Crippen LogP contribution >= 0.6 is 0 Å². The number of anilines is 1. The van der Waals surface area contributed by atoms with Gasteiger partial charge in [-0.05, 0) is 24.6 Å². The van der Waals surface area contributed by atoms with Crippen LogP contribution in [0, 0.1) is 0 Å². The third-order valence-corrected chi connectivity index (χ3v) is 5.12. The van der Waals surface area contributed by atoms with Crippen molar-refractivity contribution in [3.8, 4) is 0 Å². The first-order valence-electron chi connectivity index (χ1n) is 11.9. The second kappa shape index (κ2) is 17.1. The van der Waals surface area contributed by atoms with Crippen LogP contribution in [0.25, 0.3) is 0 Å². The van der Waals surface area contributed by atoms with Crippen LogP contribution in [-0.4, -0.2) is 101 Å². The molecule has 37 heavy (non-hydrogen) atoms. The van der Waals surface area contributed by atoms with Crippen LogP contribution in [0.5, 0.6) is 0 Å². The highest BCUT2D eigenvalue weighted by molar-refractivity contribution is 6.06. The zero-order valence-electron chi connectivity index (χ0n) is 20.5. The Bertz CT molecular complexity index is 924. The van der Waals surface area contributed by atoms with Gasteiger partial charge in [0, 0.05) is 24.2 Å². The van der Waals surface area contributed by atoms with E-state index >= 15 is 0 Å². The molecule has 0 bridgehead atoms. The molecular formula is C24H33N3O10. The molecule has 0 aliphatic carbocycles. The summed E-state index contributed by atoms with van der Waals surface area (Å²) in [6, 6.07) is 3.85. The summed E-state index contributed by atoms with van der Waals surface area (Å²) in [5, 5.41) is 16.3. The minimum Gasteiger partial charge on any atom is -0.481 e. The van der Waals surface area contributed by atoms with Crippen molar-refractivity contribution >= 4 is 35.7 Å². The molecule has 1 aromatic rings. The molecule has 1 aromatic carbocycles. The van der Waals surface area contributed by atoms with Crippen molar-refractivity contribution in [3.05, 3.63) is 29.3 Å². The summed E-state index contributed by atoms with van der Waals surface area (Å²) < 4.78 is 21.3. The van der Waals surface area contributed by atoms with Gasteiger partial charge >= 0.3 is 5.97 Å². The molecule has 2 rings (SSSR count). The maximum Gasteiger partial charge on any atom is 0.305 e. The SMILES string of the molecule is O=Cc1ccc(NCCOCCOCCOCCOCCC(=O)O)cc1C(=O)NC1CCC(=O)NC1=O. The Hall–Kier alpha value is -3.39. The fourth-order valence-corrected chi connectivity index (χ4v) is 3.22. The first kappa shape index (κ1) is 29.8. The molecule has 0 radical (unpaired) electrons. The van der Waals surface area contributed by atoms with E-state index in [9.17, 15) is 24.0 Å². The molecule has 1 fully saturated rings.